The third-order valence-corrected chi connectivity index (χ3v) is 4.05. The maximum atomic E-state index is 11.9. The predicted molar refractivity (Wildman–Crippen MR) is 79.4 cm³/mol. The minimum absolute atomic E-state index is 0.00393. The highest BCUT2D eigenvalue weighted by Crippen LogP contribution is 2.21. The van der Waals surface area contributed by atoms with Crippen LogP contribution in [0.15, 0.2) is 29.2 Å². The van der Waals surface area contributed by atoms with Crippen molar-refractivity contribution in [1.82, 2.24) is 5.32 Å². The Hall–Kier alpha value is -1.29. The number of ketones is 1. The number of aryl methyl sites for hydroxylation is 1. The first kappa shape index (κ1) is 15.8. The van der Waals surface area contributed by atoms with Crippen LogP contribution in [0.3, 0.4) is 0 Å². The second kappa shape index (κ2) is 7.34. The van der Waals surface area contributed by atoms with Gasteiger partial charge in [0.05, 0.1) is 11.8 Å². The molecule has 104 valence electrons. The number of rotatable bonds is 6. The first-order valence-corrected chi connectivity index (χ1v) is 7.38. The lowest BCUT2D eigenvalue weighted by molar-refractivity contribution is -0.126. The quantitative estimate of drug-likeness (QED) is 0.815. The molecule has 0 radical (unpaired) electrons. The van der Waals surface area contributed by atoms with Gasteiger partial charge in [-0.25, -0.2) is 0 Å². The van der Waals surface area contributed by atoms with Crippen molar-refractivity contribution in [2.24, 2.45) is 5.92 Å². The number of nitrogens with one attached hydrogen (secondary N) is 1. The van der Waals surface area contributed by atoms with Gasteiger partial charge in [-0.2, -0.15) is 0 Å². The van der Waals surface area contributed by atoms with Crippen LogP contribution in [-0.4, -0.2) is 23.5 Å². The fourth-order valence-electron chi connectivity index (χ4n) is 1.81. The topological polar surface area (TPSA) is 46.2 Å². The highest BCUT2D eigenvalue weighted by Gasteiger charge is 2.20. The number of carbonyl (C=O) groups excluding carboxylic acids is 2. The second-order valence-electron chi connectivity index (χ2n) is 4.95. The summed E-state index contributed by atoms with van der Waals surface area (Å²) in [5.74, 6) is 0.359. The first-order valence-electron chi connectivity index (χ1n) is 6.40. The van der Waals surface area contributed by atoms with Crippen molar-refractivity contribution in [2.75, 3.05) is 5.75 Å². The molecule has 0 saturated heterocycles. The summed E-state index contributed by atoms with van der Waals surface area (Å²) in [6.45, 7) is 7.40. The van der Waals surface area contributed by atoms with Crippen molar-refractivity contribution >= 4 is 23.5 Å². The number of Topliss-reactive ketones (excluding diaryl/α,β-unsaturated/α-hetero) is 1. The molecule has 0 heterocycles. The van der Waals surface area contributed by atoms with Gasteiger partial charge in [0.2, 0.25) is 5.91 Å². The molecule has 1 atom stereocenters. The summed E-state index contributed by atoms with van der Waals surface area (Å²) in [7, 11) is 0. The van der Waals surface area contributed by atoms with Crippen LogP contribution in [0.1, 0.15) is 26.3 Å². The molecule has 4 heteroatoms. The number of hydrogen-bond acceptors (Lipinski definition) is 3. The minimum atomic E-state index is -0.384. The van der Waals surface area contributed by atoms with Crippen LogP contribution in [0.4, 0.5) is 0 Å². The van der Waals surface area contributed by atoms with E-state index < -0.39 is 0 Å². The third kappa shape index (κ3) is 5.07. The Morgan fingerprint density at radius 2 is 1.89 bits per heavy atom. The third-order valence-electron chi connectivity index (χ3n) is 2.87. The molecule has 0 aromatic heterocycles. The SMILES string of the molecule is CC(=O)C(NC(=O)CSc1ccccc1C)C(C)C. The fourth-order valence-corrected chi connectivity index (χ4v) is 2.65. The average molecular weight is 279 g/mol. The molecule has 0 saturated carbocycles. The van der Waals surface area contributed by atoms with E-state index in [1.165, 1.54) is 18.7 Å². The monoisotopic (exact) mass is 279 g/mol. The Kier molecular flexibility index (Phi) is 6.09. The smallest absolute Gasteiger partial charge is 0.230 e. The lowest BCUT2D eigenvalue weighted by Crippen LogP contribution is -2.44. The molecule has 0 aliphatic heterocycles. The normalized spacial score (nSPS) is 12.3. The number of amides is 1. The summed E-state index contributed by atoms with van der Waals surface area (Å²) in [4.78, 5) is 24.4. The molecule has 3 nitrogen and oxygen atoms in total. The second-order valence-corrected chi connectivity index (χ2v) is 5.97. The average Bonchev–Trinajstić information content (AvgIpc) is 2.34. The molecule has 1 amide bonds. The van der Waals surface area contributed by atoms with E-state index in [0.29, 0.717) is 5.75 Å². The van der Waals surface area contributed by atoms with Crippen LogP contribution in [-0.2, 0) is 9.59 Å². The summed E-state index contributed by atoms with van der Waals surface area (Å²) < 4.78 is 0. The van der Waals surface area contributed by atoms with Gasteiger partial charge in [0.1, 0.15) is 0 Å². The fraction of sp³-hybridized carbons (Fsp3) is 0.467. The molecular formula is C15H21NO2S. The Balaban J connectivity index is 2.52. The van der Waals surface area contributed by atoms with Crippen LogP contribution < -0.4 is 5.32 Å². The van der Waals surface area contributed by atoms with Crippen LogP contribution in [0, 0.1) is 12.8 Å². The van der Waals surface area contributed by atoms with Crippen molar-refractivity contribution in [3.63, 3.8) is 0 Å². The van der Waals surface area contributed by atoms with Gasteiger partial charge >= 0.3 is 0 Å². The number of carbonyl (C=O) groups is 2. The largest absolute Gasteiger partial charge is 0.345 e. The van der Waals surface area contributed by atoms with Crippen molar-refractivity contribution in [1.29, 1.82) is 0 Å². The van der Waals surface area contributed by atoms with Gasteiger partial charge in [-0.15, -0.1) is 11.8 Å². The molecule has 1 rings (SSSR count). The standard InChI is InChI=1S/C15H21NO2S/c1-10(2)15(12(4)17)16-14(18)9-19-13-8-6-5-7-11(13)3/h5-8,10,15H,9H2,1-4H3,(H,16,18). The summed E-state index contributed by atoms with van der Waals surface area (Å²) >= 11 is 1.50. The summed E-state index contributed by atoms with van der Waals surface area (Å²) in [5.41, 5.74) is 1.16. The lowest BCUT2D eigenvalue weighted by atomic mass is 10.0. The van der Waals surface area contributed by atoms with Crippen molar-refractivity contribution in [2.45, 2.75) is 38.6 Å². The Bertz CT molecular complexity index is 457. The Morgan fingerprint density at radius 1 is 1.26 bits per heavy atom. The van der Waals surface area contributed by atoms with Gasteiger partial charge in [0.15, 0.2) is 5.78 Å². The molecular weight excluding hydrogens is 258 g/mol. The molecule has 1 aromatic carbocycles. The molecule has 1 aromatic rings. The predicted octanol–water partition coefficient (Wildman–Crippen LogP) is 2.82. The van der Waals surface area contributed by atoms with E-state index in [-0.39, 0.29) is 23.7 Å². The molecule has 0 fully saturated rings. The summed E-state index contributed by atoms with van der Waals surface area (Å²) in [6, 6.07) is 7.57. The highest BCUT2D eigenvalue weighted by atomic mass is 32.2. The van der Waals surface area contributed by atoms with Gasteiger partial charge in [-0.1, -0.05) is 32.0 Å². The zero-order chi connectivity index (χ0) is 14.4. The first-order chi connectivity index (χ1) is 8.91. The molecule has 0 bridgehead atoms. The van der Waals surface area contributed by atoms with E-state index in [2.05, 4.69) is 5.32 Å². The van der Waals surface area contributed by atoms with E-state index in [9.17, 15) is 9.59 Å². The molecule has 0 spiro atoms. The number of hydrogen-bond donors (Lipinski definition) is 1. The van der Waals surface area contributed by atoms with Gasteiger partial charge in [0.25, 0.3) is 0 Å². The van der Waals surface area contributed by atoms with Crippen LogP contribution >= 0.6 is 11.8 Å². The summed E-state index contributed by atoms with van der Waals surface area (Å²) in [6.07, 6.45) is 0. The van der Waals surface area contributed by atoms with Crippen molar-refractivity contribution < 1.29 is 9.59 Å². The van der Waals surface area contributed by atoms with Crippen molar-refractivity contribution in [3.8, 4) is 0 Å². The number of benzene rings is 1. The summed E-state index contributed by atoms with van der Waals surface area (Å²) in [5, 5.41) is 2.80. The van der Waals surface area contributed by atoms with Gasteiger partial charge in [-0.3, -0.25) is 9.59 Å². The highest BCUT2D eigenvalue weighted by molar-refractivity contribution is 8.00. The maximum absolute atomic E-state index is 11.9. The maximum Gasteiger partial charge on any atom is 0.230 e. The number of thioether (sulfide) groups is 1. The molecule has 0 aliphatic carbocycles. The van der Waals surface area contributed by atoms with Crippen LogP contribution in [0.25, 0.3) is 0 Å². The zero-order valence-corrected chi connectivity index (χ0v) is 12.7. The molecule has 1 N–H and O–H groups in total. The van der Waals surface area contributed by atoms with Crippen molar-refractivity contribution in [3.05, 3.63) is 29.8 Å². The zero-order valence-electron chi connectivity index (χ0n) is 11.9. The van der Waals surface area contributed by atoms with Gasteiger partial charge < -0.3 is 5.32 Å². The van der Waals surface area contributed by atoms with E-state index in [4.69, 9.17) is 0 Å². The molecule has 1 unspecified atom stereocenters. The molecule has 19 heavy (non-hydrogen) atoms. The van der Waals surface area contributed by atoms with E-state index in [1.807, 2.05) is 45.0 Å². The van der Waals surface area contributed by atoms with E-state index in [1.54, 1.807) is 0 Å². The minimum Gasteiger partial charge on any atom is -0.345 e. The van der Waals surface area contributed by atoms with Crippen LogP contribution in [0.5, 0.6) is 0 Å². The molecule has 0 aliphatic rings. The van der Waals surface area contributed by atoms with Gasteiger partial charge in [-0.05, 0) is 31.4 Å². The van der Waals surface area contributed by atoms with Crippen LogP contribution in [0.2, 0.25) is 0 Å². The Morgan fingerprint density at radius 3 is 2.42 bits per heavy atom. The van der Waals surface area contributed by atoms with E-state index in [0.717, 1.165) is 10.5 Å². The van der Waals surface area contributed by atoms with E-state index >= 15 is 0 Å². The lowest BCUT2D eigenvalue weighted by Gasteiger charge is -2.19. The van der Waals surface area contributed by atoms with Gasteiger partial charge in [0, 0.05) is 4.90 Å². The Labute approximate surface area is 119 Å².